The van der Waals surface area contributed by atoms with E-state index in [9.17, 15) is 9.59 Å². The van der Waals surface area contributed by atoms with Gasteiger partial charge in [-0.2, -0.15) is 0 Å². The Labute approximate surface area is 317 Å². The first-order chi connectivity index (χ1) is 25.7. The number of rotatable bonds is 13. The van der Waals surface area contributed by atoms with Crippen LogP contribution in [0.15, 0.2) is 42.5 Å². The minimum atomic E-state index is -0.722. The molecule has 2 N–H and O–H groups in total. The van der Waals surface area contributed by atoms with E-state index in [1.165, 1.54) is 7.11 Å². The Balaban J connectivity index is 1.07. The second-order valence-electron chi connectivity index (χ2n) is 13.6. The van der Waals surface area contributed by atoms with Crippen molar-refractivity contribution in [3.05, 3.63) is 92.2 Å². The summed E-state index contributed by atoms with van der Waals surface area (Å²) in [6, 6.07) is 13.0. The molecule has 53 heavy (non-hydrogen) atoms. The summed E-state index contributed by atoms with van der Waals surface area (Å²) in [4.78, 5) is 37.8. The number of hydrogen-bond donors (Lipinski definition) is 2. The number of nitrogens with one attached hydrogen (secondary N) is 2. The first-order valence-corrected chi connectivity index (χ1v) is 18.6. The predicted molar refractivity (Wildman–Crippen MR) is 199 cm³/mol. The molecule has 7 rings (SSSR count). The predicted octanol–water partition coefficient (Wildman–Crippen LogP) is 7.21. The van der Waals surface area contributed by atoms with Gasteiger partial charge in [0.1, 0.15) is 22.6 Å². The molecule has 0 bridgehead atoms. The van der Waals surface area contributed by atoms with Crippen molar-refractivity contribution in [2.75, 3.05) is 39.2 Å². The smallest absolute Gasteiger partial charge is 0.327 e. The molecule has 1 unspecified atom stereocenters. The molecule has 2 heterocycles. The van der Waals surface area contributed by atoms with E-state index in [0.717, 1.165) is 72.4 Å². The number of nitrogens with zero attached hydrogens (tertiary/aromatic N) is 3. The Morgan fingerprint density at radius 2 is 1.81 bits per heavy atom. The van der Waals surface area contributed by atoms with Crippen molar-refractivity contribution in [3.8, 4) is 22.6 Å². The van der Waals surface area contributed by atoms with Crippen molar-refractivity contribution in [1.29, 1.82) is 0 Å². The largest absolute Gasteiger partial charge is 0.496 e. The second-order valence-corrected chi connectivity index (χ2v) is 14.4. The minimum absolute atomic E-state index is 0.120. The number of carbonyl (C=O) groups excluding carboxylic acids is 2. The van der Waals surface area contributed by atoms with Gasteiger partial charge in [0, 0.05) is 63.1 Å². The van der Waals surface area contributed by atoms with Crippen molar-refractivity contribution >= 4 is 40.8 Å². The minimum Gasteiger partial charge on any atom is -0.496 e. The maximum atomic E-state index is 15.6. The molecule has 1 amide bonds. The number of anilines is 1. The van der Waals surface area contributed by atoms with Gasteiger partial charge in [-0.3, -0.25) is 14.5 Å². The van der Waals surface area contributed by atoms with Crippen LogP contribution in [0, 0.1) is 11.7 Å². The lowest BCUT2D eigenvalue weighted by Crippen LogP contribution is -2.33. The number of carbonyl (C=O) groups is 2. The fourth-order valence-corrected chi connectivity index (χ4v) is 7.80. The molecular formula is C39H42Cl2FN5O6. The van der Waals surface area contributed by atoms with E-state index in [2.05, 4.69) is 15.7 Å². The summed E-state index contributed by atoms with van der Waals surface area (Å²) in [6.07, 6.45) is 4.26. The molecule has 14 heteroatoms. The molecule has 1 atom stereocenters. The number of benzene rings is 3. The SMILES string of the molecule is COCCN1CCc2c(nc(C(=O)Nc3cccc(-c4cccc5c4CCC5Oc4cc(OC)c(CNOC(=O)C5CCC5)c(F)c4Cl)c3Cl)n2C)C1. The Morgan fingerprint density at radius 3 is 2.57 bits per heavy atom. The van der Waals surface area contributed by atoms with E-state index in [1.807, 2.05) is 41.9 Å². The number of methoxy groups -OCH3 is 2. The lowest BCUT2D eigenvalue weighted by atomic mass is 9.86. The van der Waals surface area contributed by atoms with Crippen LogP contribution in [0.25, 0.3) is 11.1 Å². The zero-order valence-electron chi connectivity index (χ0n) is 29.9. The summed E-state index contributed by atoms with van der Waals surface area (Å²) in [5.41, 5.74) is 8.73. The van der Waals surface area contributed by atoms with E-state index in [1.54, 1.807) is 19.2 Å². The van der Waals surface area contributed by atoms with E-state index >= 15 is 4.39 Å². The molecular weight excluding hydrogens is 724 g/mol. The second kappa shape index (κ2) is 16.0. The van der Waals surface area contributed by atoms with Gasteiger partial charge in [-0.1, -0.05) is 60.0 Å². The van der Waals surface area contributed by atoms with Crippen molar-refractivity contribution in [2.45, 2.75) is 57.7 Å². The van der Waals surface area contributed by atoms with E-state index < -0.39 is 11.9 Å². The van der Waals surface area contributed by atoms with Gasteiger partial charge in [-0.05, 0) is 48.4 Å². The lowest BCUT2D eigenvalue weighted by molar-refractivity contribution is -0.159. The maximum Gasteiger partial charge on any atom is 0.327 e. The number of ether oxygens (including phenoxy) is 3. The van der Waals surface area contributed by atoms with Crippen LogP contribution >= 0.6 is 23.2 Å². The van der Waals surface area contributed by atoms with Gasteiger partial charge in [0.05, 0.1) is 42.6 Å². The van der Waals surface area contributed by atoms with Gasteiger partial charge in [-0.15, -0.1) is 5.48 Å². The third kappa shape index (κ3) is 7.48. The molecule has 1 aromatic heterocycles. The van der Waals surface area contributed by atoms with Crippen molar-refractivity contribution in [1.82, 2.24) is 19.9 Å². The van der Waals surface area contributed by atoms with Gasteiger partial charge >= 0.3 is 5.97 Å². The van der Waals surface area contributed by atoms with Crippen LogP contribution in [-0.4, -0.2) is 60.2 Å². The van der Waals surface area contributed by atoms with Gasteiger partial charge < -0.3 is 28.9 Å². The standard InChI is InChI=1S/C39H42Cl2FN5O6/c1-46-30-15-16-47(17-18-50-2)21-29(30)44-37(46)38(48)45-28-12-6-11-26(34(28)40)23-9-5-10-25-24(23)13-14-31(25)52-33-19-32(51-3)27(36(42)35(33)41)20-43-53-39(49)22-7-4-8-22/h5-6,9-12,19,22,31,43H,4,7-8,13-18,20-21H2,1-3H3,(H,45,48). The van der Waals surface area contributed by atoms with E-state index in [-0.39, 0.29) is 46.4 Å². The van der Waals surface area contributed by atoms with Crippen LogP contribution in [-0.2, 0) is 47.3 Å². The molecule has 1 aliphatic heterocycles. The average molecular weight is 767 g/mol. The molecule has 0 spiro atoms. The van der Waals surface area contributed by atoms with E-state index in [0.29, 0.717) is 42.5 Å². The molecule has 0 saturated heterocycles. The number of imidazole rings is 1. The Hall–Kier alpha value is -4.20. The van der Waals surface area contributed by atoms with Crippen LogP contribution in [0.1, 0.15) is 70.5 Å². The number of fused-ring (bicyclic) bond motifs is 2. The van der Waals surface area contributed by atoms with E-state index in [4.69, 9.17) is 47.2 Å². The molecule has 280 valence electrons. The summed E-state index contributed by atoms with van der Waals surface area (Å²) in [7, 11) is 4.98. The number of amides is 1. The zero-order valence-corrected chi connectivity index (χ0v) is 31.4. The molecule has 11 nitrogen and oxygen atoms in total. The first-order valence-electron chi connectivity index (χ1n) is 17.8. The highest BCUT2D eigenvalue weighted by Crippen LogP contribution is 2.45. The third-order valence-corrected chi connectivity index (χ3v) is 11.2. The molecule has 0 radical (unpaired) electrons. The molecule has 3 aliphatic rings. The quantitative estimate of drug-likeness (QED) is 0.136. The van der Waals surface area contributed by atoms with Crippen LogP contribution in [0.2, 0.25) is 10.0 Å². The van der Waals surface area contributed by atoms with Crippen molar-refractivity contribution < 1.29 is 33.0 Å². The summed E-state index contributed by atoms with van der Waals surface area (Å²) < 4.78 is 34.6. The third-order valence-electron chi connectivity index (χ3n) is 10.5. The lowest BCUT2D eigenvalue weighted by Gasteiger charge is -2.26. The first kappa shape index (κ1) is 37.1. The molecule has 1 fully saturated rings. The Morgan fingerprint density at radius 1 is 1.02 bits per heavy atom. The summed E-state index contributed by atoms with van der Waals surface area (Å²) >= 11 is 13.5. The summed E-state index contributed by atoms with van der Waals surface area (Å²) in [5, 5.41) is 3.20. The Kier molecular flexibility index (Phi) is 11.2. The van der Waals surface area contributed by atoms with Gasteiger partial charge in [0.2, 0.25) is 0 Å². The van der Waals surface area contributed by atoms with Crippen LogP contribution in [0.3, 0.4) is 0 Å². The zero-order chi connectivity index (χ0) is 37.2. The highest BCUT2D eigenvalue weighted by Gasteiger charge is 2.31. The number of hydroxylamine groups is 1. The number of halogens is 3. The summed E-state index contributed by atoms with van der Waals surface area (Å²) in [6.45, 7) is 2.86. The summed E-state index contributed by atoms with van der Waals surface area (Å²) in [5.74, 6) is -0.859. The molecule has 4 aromatic rings. The van der Waals surface area contributed by atoms with Gasteiger partial charge in [0.15, 0.2) is 11.6 Å². The fourth-order valence-electron chi connectivity index (χ4n) is 7.31. The highest BCUT2D eigenvalue weighted by molar-refractivity contribution is 6.36. The topological polar surface area (TPSA) is 116 Å². The average Bonchev–Trinajstić information content (AvgIpc) is 3.70. The van der Waals surface area contributed by atoms with Crippen LogP contribution in [0.4, 0.5) is 10.1 Å². The monoisotopic (exact) mass is 765 g/mol. The number of hydrogen-bond acceptors (Lipinski definition) is 9. The fraction of sp³-hybridized carbons (Fsp3) is 0.410. The Bertz CT molecular complexity index is 2040. The maximum absolute atomic E-state index is 15.6. The van der Waals surface area contributed by atoms with Crippen LogP contribution in [0.5, 0.6) is 11.5 Å². The van der Waals surface area contributed by atoms with Crippen molar-refractivity contribution in [2.24, 2.45) is 13.0 Å². The molecule has 2 aliphatic carbocycles. The van der Waals surface area contributed by atoms with Gasteiger partial charge in [0.25, 0.3) is 5.91 Å². The normalized spacial score (nSPS) is 16.8. The number of aromatic nitrogens is 2. The molecule has 1 saturated carbocycles. The highest BCUT2D eigenvalue weighted by atomic mass is 35.5. The molecule has 3 aromatic carbocycles. The van der Waals surface area contributed by atoms with Crippen LogP contribution < -0.4 is 20.3 Å². The van der Waals surface area contributed by atoms with Crippen molar-refractivity contribution in [3.63, 3.8) is 0 Å². The van der Waals surface area contributed by atoms with Gasteiger partial charge in [-0.25, -0.2) is 9.37 Å².